The number of nitrogens with zero attached hydrogens (tertiary/aromatic N) is 1. The van der Waals surface area contributed by atoms with Crippen molar-refractivity contribution in [2.24, 2.45) is 11.5 Å². The standard InChI is InChI=1S/C14H18Cl2N4O/c1-21-12-3-2-10(15)6-9(12)8-20-5-4-19-14(18)11(20)7-13(16)17/h2-3,6-7,19H,4-5,8,17-18H2,1H3/b13-7-. The monoisotopic (exact) mass is 328 g/mol. The highest BCUT2D eigenvalue weighted by Crippen LogP contribution is 2.26. The number of allylic oxidation sites excluding steroid dienone is 1. The molecule has 0 radical (unpaired) electrons. The Morgan fingerprint density at radius 3 is 2.95 bits per heavy atom. The second-order valence-electron chi connectivity index (χ2n) is 4.63. The highest BCUT2D eigenvalue weighted by molar-refractivity contribution is 6.30. The Morgan fingerprint density at radius 2 is 2.29 bits per heavy atom. The zero-order valence-corrected chi connectivity index (χ0v) is 13.2. The first-order valence-electron chi connectivity index (χ1n) is 6.45. The summed E-state index contributed by atoms with van der Waals surface area (Å²) in [4.78, 5) is 2.08. The molecule has 1 aromatic rings. The van der Waals surface area contributed by atoms with Gasteiger partial charge >= 0.3 is 0 Å². The van der Waals surface area contributed by atoms with E-state index in [-0.39, 0.29) is 5.16 Å². The summed E-state index contributed by atoms with van der Waals surface area (Å²) in [5.74, 6) is 1.32. The molecule has 1 aliphatic rings. The Bertz CT molecular complexity index is 582. The maximum atomic E-state index is 6.06. The van der Waals surface area contributed by atoms with Gasteiger partial charge in [-0.3, -0.25) is 0 Å². The van der Waals surface area contributed by atoms with Crippen molar-refractivity contribution in [3.8, 4) is 5.75 Å². The van der Waals surface area contributed by atoms with Crippen molar-refractivity contribution in [2.45, 2.75) is 6.54 Å². The number of ether oxygens (including phenoxy) is 1. The summed E-state index contributed by atoms with van der Waals surface area (Å²) in [5.41, 5.74) is 13.3. The molecule has 0 unspecified atom stereocenters. The fourth-order valence-corrected chi connectivity index (χ4v) is 2.55. The first-order valence-corrected chi connectivity index (χ1v) is 7.20. The number of nitrogens with two attached hydrogens (primary N) is 2. The molecule has 0 spiro atoms. The van der Waals surface area contributed by atoms with Crippen molar-refractivity contribution < 1.29 is 4.74 Å². The maximum Gasteiger partial charge on any atom is 0.123 e. The summed E-state index contributed by atoms with van der Waals surface area (Å²) < 4.78 is 5.37. The molecule has 2 rings (SSSR count). The molecule has 21 heavy (non-hydrogen) atoms. The minimum absolute atomic E-state index is 0.180. The number of benzene rings is 1. The number of rotatable bonds is 4. The van der Waals surface area contributed by atoms with Crippen LogP contribution in [-0.4, -0.2) is 25.1 Å². The molecule has 0 bridgehead atoms. The lowest BCUT2D eigenvalue weighted by molar-refractivity contribution is 0.312. The van der Waals surface area contributed by atoms with Gasteiger partial charge in [0, 0.05) is 30.2 Å². The molecule has 0 atom stereocenters. The minimum atomic E-state index is 0.180. The second kappa shape index (κ2) is 6.83. The Morgan fingerprint density at radius 1 is 1.52 bits per heavy atom. The predicted octanol–water partition coefficient (Wildman–Crippen LogP) is 1.92. The van der Waals surface area contributed by atoms with Crippen LogP contribution in [0.4, 0.5) is 0 Å². The summed E-state index contributed by atoms with van der Waals surface area (Å²) >= 11 is 11.8. The number of nitrogens with one attached hydrogen (secondary N) is 1. The van der Waals surface area contributed by atoms with E-state index in [2.05, 4.69) is 10.2 Å². The van der Waals surface area contributed by atoms with Crippen molar-refractivity contribution in [1.29, 1.82) is 0 Å². The van der Waals surface area contributed by atoms with E-state index in [1.54, 1.807) is 19.3 Å². The molecule has 1 aromatic carbocycles. The van der Waals surface area contributed by atoms with E-state index in [0.29, 0.717) is 17.4 Å². The van der Waals surface area contributed by atoms with Crippen molar-refractivity contribution in [1.82, 2.24) is 10.2 Å². The number of hydrogen-bond acceptors (Lipinski definition) is 5. The zero-order chi connectivity index (χ0) is 15.4. The lowest BCUT2D eigenvalue weighted by atomic mass is 10.1. The number of methoxy groups -OCH3 is 1. The lowest BCUT2D eigenvalue weighted by Gasteiger charge is -2.32. The van der Waals surface area contributed by atoms with Gasteiger partial charge in [-0.1, -0.05) is 23.2 Å². The van der Waals surface area contributed by atoms with Gasteiger partial charge in [-0.05, 0) is 24.3 Å². The summed E-state index contributed by atoms with van der Waals surface area (Å²) in [6.45, 7) is 2.11. The van der Waals surface area contributed by atoms with Crippen LogP contribution in [0.15, 0.2) is 40.9 Å². The Labute approximate surface area is 134 Å². The average Bonchev–Trinajstić information content (AvgIpc) is 2.42. The third-order valence-electron chi connectivity index (χ3n) is 3.19. The van der Waals surface area contributed by atoms with Gasteiger partial charge in [0.15, 0.2) is 0 Å². The van der Waals surface area contributed by atoms with E-state index >= 15 is 0 Å². The molecule has 0 fully saturated rings. The Hall–Kier alpha value is -1.72. The first-order chi connectivity index (χ1) is 10.0. The highest BCUT2D eigenvalue weighted by atomic mass is 35.5. The molecule has 0 amide bonds. The fourth-order valence-electron chi connectivity index (χ4n) is 2.25. The van der Waals surface area contributed by atoms with E-state index < -0.39 is 0 Å². The zero-order valence-electron chi connectivity index (χ0n) is 11.7. The van der Waals surface area contributed by atoms with Gasteiger partial charge in [0.05, 0.1) is 12.8 Å². The largest absolute Gasteiger partial charge is 0.496 e. The number of halogens is 2. The lowest BCUT2D eigenvalue weighted by Crippen LogP contribution is -2.41. The van der Waals surface area contributed by atoms with Crippen LogP contribution in [0.2, 0.25) is 5.02 Å². The molecule has 1 heterocycles. The van der Waals surface area contributed by atoms with Crippen LogP contribution in [0.5, 0.6) is 5.75 Å². The van der Waals surface area contributed by atoms with Gasteiger partial charge in [0.2, 0.25) is 0 Å². The van der Waals surface area contributed by atoms with Crippen molar-refractivity contribution in [3.05, 3.63) is 51.5 Å². The van der Waals surface area contributed by atoms with Crippen LogP contribution in [0.3, 0.4) is 0 Å². The van der Waals surface area contributed by atoms with Crippen LogP contribution in [0, 0.1) is 0 Å². The molecule has 0 aromatic heterocycles. The Kier molecular flexibility index (Phi) is 5.09. The van der Waals surface area contributed by atoms with E-state index in [1.807, 2.05) is 12.1 Å². The highest BCUT2D eigenvalue weighted by Gasteiger charge is 2.18. The quantitative estimate of drug-likeness (QED) is 0.736. The van der Waals surface area contributed by atoms with E-state index in [9.17, 15) is 0 Å². The summed E-state index contributed by atoms with van der Waals surface area (Å²) in [7, 11) is 1.63. The van der Waals surface area contributed by atoms with Crippen molar-refractivity contribution in [3.63, 3.8) is 0 Å². The minimum Gasteiger partial charge on any atom is -0.496 e. The molecular weight excluding hydrogens is 311 g/mol. The molecule has 114 valence electrons. The van der Waals surface area contributed by atoms with Crippen LogP contribution in [0.25, 0.3) is 0 Å². The topological polar surface area (TPSA) is 76.5 Å². The van der Waals surface area contributed by atoms with Crippen molar-refractivity contribution >= 4 is 23.2 Å². The SMILES string of the molecule is COc1ccc(Cl)cc1CN1CCNC(N)=C1/C=C(\N)Cl. The third-order valence-corrected chi connectivity index (χ3v) is 3.54. The molecule has 0 saturated carbocycles. The van der Waals surface area contributed by atoms with Crippen LogP contribution in [0.1, 0.15) is 5.56 Å². The molecule has 5 N–H and O–H groups in total. The molecule has 7 heteroatoms. The van der Waals surface area contributed by atoms with Gasteiger partial charge in [0.25, 0.3) is 0 Å². The van der Waals surface area contributed by atoms with Gasteiger partial charge < -0.3 is 26.4 Å². The van der Waals surface area contributed by atoms with Gasteiger partial charge in [-0.15, -0.1) is 0 Å². The van der Waals surface area contributed by atoms with E-state index in [4.69, 9.17) is 39.4 Å². The molecule has 0 aliphatic carbocycles. The predicted molar refractivity (Wildman–Crippen MR) is 85.8 cm³/mol. The van der Waals surface area contributed by atoms with Gasteiger partial charge in [0.1, 0.15) is 16.7 Å². The average molecular weight is 329 g/mol. The number of hydrogen-bond donors (Lipinski definition) is 3. The molecule has 1 aliphatic heterocycles. The van der Waals surface area contributed by atoms with Crippen molar-refractivity contribution in [2.75, 3.05) is 20.2 Å². The van der Waals surface area contributed by atoms with Crippen LogP contribution in [-0.2, 0) is 6.54 Å². The second-order valence-corrected chi connectivity index (χ2v) is 5.51. The summed E-state index contributed by atoms with van der Waals surface area (Å²) in [5, 5.41) is 3.93. The smallest absolute Gasteiger partial charge is 0.123 e. The Balaban J connectivity index is 2.31. The first kappa shape index (κ1) is 15.7. The van der Waals surface area contributed by atoms with Crippen LogP contribution < -0.4 is 21.5 Å². The summed E-state index contributed by atoms with van der Waals surface area (Å²) in [6, 6.07) is 5.52. The third kappa shape index (κ3) is 3.89. The van der Waals surface area contributed by atoms with Gasteiger partial charge in [-0.2, -0.15) is 0 Å². The van der Waals surface area contributed by atoms with Gasteiger partial charge in [-0.25, -0.2) is 0 Å². The molecular formula is C14H18Cl2N4O. The fraction of sp³-hybridized carbons (Fsp3) is 0.286. The summed E-state index contributed by atoms with van der Waals surface area (Å²) in [6.07, 6.45) is 1.64. The molecule has 5 nitrogen and oxygen atoms in total. The van der Waals surface area contributed by atoms with Crippen LogP contribution >= 0.6 is 23.2 Å². The van der Waals surface area contributed by atoms with E-state index in [1.165, 1.54) is 0 Å². The van der Waals surface area contributed by atoms with E-state index in [0.717, 1.165) is 30.1 Å². The molecule has 0 saturated heterocycles. The normalized spacial score (nSPS) is 16.0. The maximum absolute atomic E-state index is 6.06.